The number of hydrogen-bond acceptors (Lipinski definition) is 8. The molecule has 0 spiro atoms. The van der Waals surface area contributed by atoms with E-state index >= 15 is 0 Å². The van der Waals surface area contributed by atoms with Crippen LogP contribution in [0.25, 0.3) is 0 Å². The summed E-state index contributed by atoms with van der Waals surface area (Å²) >= 11 is 0. The normalized spacial score (nSPS) is 12.0. The Balaban J connectivity index is 0.000000250. The van der Waals surface area contributed by atoms with Crippen molar-refractivity contribution in [2.45, 2.75) is 18.5 Å². The molecule has 14 heteroatoms. The summed E-state index contributed by atoms with van der Waals surface area (Å²) < 4.78 is 97.6. The molecule has 0 aliphatic carbocycles. The Bertz CT molecular complexity index is 1690. The summed E-state index contributed by atoms with van der Waals surface area (Å²) in [6, 6.07) is 14.7. The third-order valence-electron chi connectivity index (χ3n) is 6.71. The third-order valence-corrected chi connectivity index (χ3v) is 6.71. The number of aliphatic hydroxyl groups is 1. The number of nitrogen functional groups attached to an aromatic ring is 2. The summed E-state index contributed by atoms with van der Waals surface area (Å²) in [6.07, 6.45) is -10.5. The first kappa shape index (κ1) is 35.4. The van der Waals surface area contributed by atoms with E-state index in [-0.39, 0.29) is 45.1 Å². The highest BCUT2D eigenvalue weighted by Gasteiger charge is 2.33. The van der Waals surface area contributed by atoms with Crippen molar-refractivity contribution >= 4 is 17.2 Å². The average molecular weight is 653 g/mol. The summed E-state index contributed by atoms with van der Waals surface area (Å²) in [5.74, 6) is 0.346. The van der Waals surface area contributed by atoms with E-state index in [9.17, 15) is 36.2 Å². The van der Waals surface area contributed by atoms with E-state index < -0.39 is 35.4 Å². The molecule has 0 saturated heterocycles. The highest BCUT2D eigenvalue weighted by Crippen LogP contribution is 2.40. The molecule has 0 heterocycles. The van der Waals surface area contributed by atoms with Gasteiger partial charge in [0.05, 0.1) is 45.1 Å². The molecule has 0 aliphatic heterocycles. The lowest BCUT2D eigenvalue weighted by molar-refractivity contribution is -0.138. The number of halogens is 6. The summed E-state index contributed by atoms with van der Waals surface area (Å²) in [4.78, 5) is 12.6. The van der Waals surface area contributed by atoms with Gasteiger partial charge in [-0.3, -0.25) is 4.79 Å². The lowest BCUT2D eigenvalue weighted by Gasteiger charge is -2.19. The van der Waals surface area contributed by atoms with E-state index in [1.165, 1.54) is 40.6 Å². The summed E-state index contributed by atoms with van der Waals surface area (Å²) in [7, 11) is 5.53. The molecule has 46 heavy (non-hydrogen) atoms. The van der Waals surface area contributed by atoms with E-state index in [1.807, 2.05) is 0 Å². The van der Waals surface area contributed by atoms with Crippen LogP contribution in [0.15, 0.2) is 72.8 Å². The van der Waals surface area contributed by atoms with Crippen molar-refractivity contribution in [1.82, 2.24) is 0 Å². The minimum absolute atomic E-state index is 0.0483. The molecule has 4 rings (SSSR count). The number of alkyl halides is 6. The number of carbonyl (C=O) groups is 1. The van der Waals surface area contributed by atoms with Gasteiger partial charge in [0.1, 0.15) is 6.10 Å². The van der Waals surface area contributed by atoms with E-state index in [0.29, 0.717) is 11.5 Å². The van der Waals surface area contributed by atoms with Crippen LogP contribution in [-0.2, 0) is 12.4 Å². The van der Waals surface area contributed by atoms with E-state index in [0.717, 1.165) is 36.4 Å². The number of ether oxygens (including phenoxy) is 4. The van der Waals surface area contributed by atoms with Crippen molar-refractivity contribution in [3.63, 3.8) is 0 Å². The van der Waals surface area contributed by atoms with Crippen LogP contribution in [0.5, 0.6) is 23.0 Å². The number of carbonyl (C=O) groups excluding carboxylic acids is 1. The summed E-state index contributed by atoms with van der Waals surface area (Å²) in [6.45, 7) is 0. The molecule has 8 nitrogen and oxygen atoms in total. The zero-order valence-electron chi connectivity index (χ0n) is 24.9. The van der Waals surface area contributed by atoms with Crippen molar-refractivity contribution in [2.75, 3.05) is 39.9 Å². The standard InChI is InChI=1S/C16H16F3NO3.C16H14F3NO3/c2*1-22-13-5-3-4-10(15(13)23-2)14(21)11-8-9(16(17,18)19)6-7-12(11)20/h3-8,14,21H,20H2,1-2H3;3-8H,20H2,1-2H3. The van der Waals surface area contributed by atoms with Crippen molar-refractivity contribution in [2.24, 2.45) is 0 Å². The number of nitrogens with two attached hydrogens (primary N) is 2. The van der Waals surface area contributed by atoms with Gasteiger partial charge in [-0.15, -0.1) is 0 Å². The molecule has 4 aromatic rings. The number of para-hydroxylation sites is 2. The molecule has 0 aliphatic rings. The molecule has 0 saturated carbocycles. The average Bonchev–Trinajstić information content (AvgIpc) is 3.02. The minimum Gasteiger partial charge on any atom is -0.493 e. The number of benzene rings is 4. The lowest BCUT2D eigenvalue weighted by Crippen LogP contribution is -2.11. The number of ketones is 1. The highest BCUT2D eigenvalue weighted by molar-refractivity contribution is 6.14. The first-order valence-corrected chi connectivity index (χ1v) is 13.2. The number of methoxy groups -OCH3 is 4. The zero-order chi connectivity index (χ0) is 34.4. The smallest absolute Gasteiger partial charge is 0.416 e. The molecule has 5 N–H and O–H groups in total. The first-order valence-electron chi connectivity index (χ1n) is 13.2. The SMILES string of the molecule is COc1cccc(C(=O)c2cc(C(F)(F)F)ccc2N)c1OC.COc1cccc(C(O)c2cc(C(F)(F)F)ccc2N)c1OC. The van der Waals surface area contributed by atoms with Gasteiger partial charge in [0.2, 0.25) is 0 Å². The van der Waals surface area contributed by atoms with Crippen molar-refractivity contribution in [3.8, 4) is 23.0 Å². The fourth-order valence-electron chi connectivity index (χ4n) is 4.42. The molecule has 4 aromatic carbocycles. The van der Waals surface area contributed by atoms with Gasteiger partial charge in [-0.2, -0.15) is 26.3 Å². The molecule has 0 aromatic heterocycles. The molecule has 0 fully saturated rings. The zero-order valence-corrected chi connectivity index (χ0v) is 24.9. The number of aliphatic hydroxyl groups excluding tert-OH is 1. The van der Waals surface area contributed by atoms with Crippen LogP contribution in [0.4, 0.5) is 37.7 Å². The Hall–Kier alpha value is -5.11. The molecule has 0 bridgehead atoms. The number of hydrogen-bond donors (Lipinski definition) is 3. The van der Waals surface area contributed by atoms with Crippen molar-refractivity contribution in [1.29, 1.82) is 0 Å². The third kappa shape index (κ3) is 7.75. The monoisotopic (exact) mass is 652 g/mol. The Kier molecular flexibility index (Phi) is 11.0. The summed E-state index contributed by atoms with van der Waals surface area (Å²) in [5.41, 5.74) is 9.61. The number of rotatable bonds is 8. The second-order valence-corrected chi connectivity index (χ2v) is 9.50. The predicted molar refractivity (Wildman–Crippen MR) is 158 cm³/mol. The summed E-state index contributed by atoms with van der Waals surface area (Å²) in [5, 5.41) is 10.5. The number of anilines is 2. The van der Waals surface area contributed by atoms with Crippen LogP contribution in [0.2, 0.25) is 0 Å². The maximum absolute atomic E-state index is 12.9. The predicted octanol–water partition coefficient (Wildman–Crippen LogP) is 6.92. The quantitative estimate of drug-likeness (QED) is 0.106. The second kappa shape index (κ2) is 14.3. The fraction of sp³-hybridized carbons (Fsp3) is 0.219. The Labute approximate surface area is 260 Å². The fourth-order valence-corrected chi connectivity index (χ4v) is 4.42. The van der Waals surface area contributed by atoms with Crippen LogP contribution in [0.3, 0.4) is 0 Å². The molecule has 0 radical (unpaired) electrons. The van der Waals surface area contributed by atoms with Gasteiger partial charge in [0, 0.05) is 28.1 Å². The highest BCUT2D eigenvalue weighted by atomic mass is 19.4. The van der Waals surface area contributed by atoms with Gasteiger partial charge < -0.3 is 35.5 Å². The molecular formula is C32H30F6N2O6. The van der Waals surface area contributed by atoms with Gasteiger partial charge >= 0.3 is 12.4 Å². The van der Waals surface area contributed by atoms with Crippen molar-refractivity contribution < 1.29 is 55.2 Å². The first-order chi connectivity index (χ1) is 21.6. The van der Waals surface area contributed by atoms with Gasteiger partial charge in [-0.25, -0.2) is 0 Å². The van der Waals surface area contributed by atoms with E-state index in [2.05, 4.69) is 0 Å². The maximum Gasteiger partial charge on any atom is 0.416 e. The largest absolute Gasteiger partial charge is 0.493 e. The van der Waals surface area contributed by atoms with E-state index in [4.69, 9.17) is 30.4 Å². The van der Waals surface area contributed by atoms with Crippen molar-refractivity contribution in [3.05, 3.63) is 106 Å². The lowest BCUT2D eigenvalue weighted by atomic mass is 9.97. The molecule has 1 unspecified atom stereocenters. The second-order valence-electron chi connectivity index (χ2n) is 9.50. The molecule has 0 amide bonds. The Morgan fingerprint density at radius 3 is 1.65 bits per heavy atom. The van der Waals surface area contributed by atoms with Gasteiger partial charge in [0.25, 0.3) is 0 Å². The topological polar surface area (TPSA) is 126 Å². The van der Waals surface area contributed by atoms with Gasteiger partial charge in [-0.05, 0) is 54.6 Å². The molecule has 246 valence electrons. The Morgan fingerprint density at radius 2 is 1.13 bits per heavy atom. The van der Waals surface area contributed by atoms with Crippen LogP contribution >= 0.6 is 0 Å². The van der Waals surface area contributed by atoms with Crippen LogP contribution in [0, 0.1) is 0 Å². The Morgan fingerprint density at radius 1 is 0.630 bits per heavy atom. The maximum atomic E-state index is 12.9. The van der Waals surface area contributed by atoms with Crippen LogP contribution in [-0.4, -0.2) is 39.3 Å². The van der Waals surface area contributed by atoms with Crippen LogP contribution in [0.1, 0.15) is 44.3 Å². The minimum atomic E-state index is -4.57. The van der Waals surface area contributed by atoms with Crippen LogP contribution < -0.4 is 30.4 Å². The molecular weight excluding hydrogens is 622 g/mol. The molecule has 1 atom stereocenters. The van der Waals surface area contributed by atoms with E-state index in [1.54, 1.807) is 24.3 Å². The van der Waals surface area contributed by atoms with Gasteiger partial charge in [0.15, 0.2) is 28.8 Å². The van der Waals surface area contributed by atoms with Gasteiger partial charge in [-0.1, -0.05) is 18.2 Å².